The minimum absolute atomic E-state index is 0.196. The Labute approximate surface area is 199 Å². The molecule has 1 fully saturated rings. The van der Waals surface area contributed by atoms with E-state index >= 15 is 0 Å². The molecule has 2 aliphatic rings. The molecule has 6 nitrogen and oxygen atoms in total. The molecule has 0 bridgehead atoms. The summed E-state index contributed by atoms with van der Waals surface area (Å²) in [7, 11) is 1.68. The van der Waals surface area contributed by atoms with Crippen molar-refractivity contribution in [3.05, 3.63) is 65.2 Å². The topological polar surface area (TPSA) is 48.9 Å². The number of aromatic nitrogens is 1. The molecule has 0 saturated carbocycles. The number of amides is 1. The summed E-state index contributed by atoms with van der Waals surface area (Å²) >= 11 is 1.71. The van der Waals surface area contributed by atoms with Crippen LogP contribution in [0.1, 0.15) is 17.7 Å². The van der Waals surface area contributed by atoms with E-state index < -0.39 is 0 Å². The van der Waals surface area contributed by atoms with Gasteiger partial charge < -0.3 is 9.64 Å². The molecule has 0 aliphatic carbocycles. The number of benzene rings is 2. The highest BCUT2D eigenvalue weighted by atomic mass is 32.1. The highest BCUT2D eigenvalue weighted by Gasteiger charge is 2.26. The van der Waals surface area contributed by atoms with Crippen molar-refractivity contribution in [3.63, 3.8) is 0 Å². The number of anilines is 1. The standard InChI is InChI=1S/C26H30N4O2S/c1-32-23-9-10-24-21(16-23)8-5-11-30(24)25(31)18-29-14-12-28(13-15-29)17-22-19-33-26(27-22)20-6-3-2-4-7-20/h2-4,6-7,9-10,16,19H,5,8,11-15,17-18H2,1H3. The van der Waals surface area contributed by atoms with Gasteiger partial charge in [0.15, 0.2) is 0 Å². The fourth-order valence-corrected chi connectivity index (χ4v) is 5.48. The molecule has 7 heteroatoms. The van der Waals surface area contributed by atoms with E-state index in [2.05, 4.69) is 45.5 Å². The Morgan fingerprint density at radius 3 is 2.61 bits per heavy atom. The Morgan fingerprint density at radius 1 is 1.03 bits per heavy atom. The summed E-state index contributed by atoms with van der Waals surface area (Å²) in [5.41, 5.74) is 4.55. The van der Waals surface area contributed by atoms with Gasteiger partial charge in [0.1, 0.15) is 10.8 Å². The maximum atomic E-state index is 13.1. The number of hydrogen-bond donors (Lipinski definition) is 0. The first-order valence-corrected chi connectivity index (χ1v) is 12.5. The van der Waals surface area contributed by atoms with Crippen LogP contribution in [0.5, 0.6) is 5.75 Å². The lowest BCUT2D eigenvalue weighted by molar-refractivity contribution is -0.120. The van der Waals surface area contributed by atoms with E-state index in [1.807, 2.05) is 23.1 Å². The quantitative estimate of drug-likeness (QED) is 0.556. The van der Waals surface area contributed by atoms with Crippen molar-refractivity contribution in [1.29, 1.82) is 0 Å². The zero-order valence-electron chi connectivity index (χ0n) is 19.1. The number of fused-ring (bicyclic) bond motifs is 1. The maximum Gasteiger partial charge on any atom is 0.241 e. The summed E-state index contributed by atoms with van der Waals surface area (Å²) in [6.07, 6.45) is 2.00. The molecule has 1 saturated heterocycles. The third-order valence-corrected chi connectivity index (χ3v) is 7.43. The molecule has 2 aromatic carbocycles. The molecule has 33 heavy (non-hydrogen) atoms. The average Bonchev–Trinajstić information content (AvgIpc) is 3.33. The second-order valence-corrected chi connectivity index (χ2v) is 9.56. The number of nitrogens with zero attached hydrogens (tertiary/aromatic N) is 4. The summed E-state index contributed by atoms with van der Waals surface area (Å²) in [6, 6.07) is 16.4. The fraction of sp³-hybridized carbons (Fsp3) is 0.385. The minimum atomic E-state index is 0.196. The van der Waals surface area contributed by atoms with Gasteiger partial charge in [0.25, 0.3) is 0 Å². The van der Waals surface area contributed by atoms with Crippen LogP contribution in [-0.2, 0) is 17.8 Å². The molecule has 2 aliphatic heterocycles. The highest BCUT2D eigenvalue weighted by molar-refractivity contribution is 7.13. The van der Waals surface area contributed by atoms with Crippen molar-refractivity contribution in [2.24, 2.45) is 0 Å². The van der Waals surface area contributed by atoms with Gasteiger partial charge >= 0.3 is 0 Å². The summed E-state index contributed by atoms with van der Waals surface area (Å²) in [6.45, 7) is 5.88. The van der Waals surface area contributed by atoms with Gasteiger partial charge in [-0.1, -0.05) is 30.3 Å². The normalized spacial score (nSPS) is 17.1. The summed E-state index contributed by atoms with van der Waals surface area (Å²) in [5, 5.41) is 3.25. The predicted molar refractivity (Wildman–Crippen MR) is 133 cm³/mol. The Balaban J connectivity index is 1.13. The predicted octanol–water partition coefficient (Wildman–Crippen LogP) is 3.92. The number of methoxy groups -OCH3 is 1. The SMILES string of the molecule is COc1ccc2c(c1)CCCN2C(=O)CN1CCN(Cc2csc(-c3ccccc3)n2)CC1. The lowest BCUT2D eigenvalue weighted by Crippen LogP contribution is -2.50. The number of ether oxygens (including phenoxy) is 1. The van der Waals surface area contributed by atoms with E-state index in [-0.39, 0.29) is 5.91 Å². The van der Waals surface area contributed by atoms with Gasteiger partial charge in [0.05, 0.1) is 19.3 Å². The first-order valence-electron chi connectivity index (χ1n) is 11.6. The zero-order chi connectivity index (χ0) is 22.6. The minimum Gasteiger partial charge on any atom is -0.497 e. The van der Waals surface area contributed by atoms with Crippen molar-refractivity contribution in [2.75, 3.05) is 51.3 Å². The van der Waals surface area contributed by atoms with E-state index in [4.69, 9.17) is 9.72 Å². The molecule has 1 amide bonds. The number of thiazole rings is 1. The van der Waals surface area contributed by atoms with Crippen LogP contribution < -0.4 is 9.64 Å². The molecule has 172 valence electrons. The summed E-state index contributed by atoms with van der Waals surface area (Å²) in [5.74, 6) is 1.05. The van der Waals surface area contributed by atoms with Crippen LogP contribution in [0.4, 0.5) is 5.69 Å². The first kappa shape index (κ1) is 22.1. The second kappa shape index (κ2) is 10.0. The van der Waals surface area contributed by atoms with Crippen LogP contribution in [0.3, 0.4) is 0 Å². The highest BCUT2D eigenvalue weighted by Crippen LogP contribution is 2.30. The molecular formula is C26H30N4O2S. The monoisotopic (exact) mass is 462 g/mol. The van der Waals surface area contributed by atoms with Gasteiger partial charge in [0, 0.05) is 55.9 Å². The molecular weight excluding hydrogens is 432 g/mol. The Kier molecular flexibility index (Phi) is 6.71. The smallest absolute Gasteiger partial charge is 0.241 e. The molecule has 3 heterocycles. The van der Waals surface area contributed by atoms with Crippen molar-refractivity contribution in [3.8, 4) is 16.3 Å². The Hall–Kier alpha value is -2.74. The van der Waals surface area contributed by atoms with Crippen molar-refractivity contribution in [2.45, 2.75) is 19.4 Å². The fourth-order valence-electron chi connectivity index (χ4n) is 4.66. The molecule has 0 unspecified atom stereocenters. The number of hydrogen-bond acceptors (Lipinski definition) is 6. The van der Waals surface area contributed by atoms with Crippen molar-refractivity contribution < 1.29 is 9.53 Å². The van der Waals surface area contributed by atoms with Crippen LogP contribution in [0, 0.1) is 0 Å². The first-order chi connectivity index (χ1) is 16.2. The summed E-state index contributed by atoms with van der Waals surface area (Å²) < 4.78 is 5.35. The molecule has 0 atom stereocenters. The molecule has 1 aromatic heterocycles. The van der Waals surface area contributed by atoms with Crippen LogP contribution in [0.2, 0.25) is 0 Å². The Bertz CT molecular complexity index is 1090. The van der Waals surface area contributed by atoms with Gasteiger partial charge in [-0.05, 0) is 36.6 Å². The van der Waals surface area contributed by atoms with Crippen LogP contribution >= 0.6 is 11.3 Å². The van der Waals surface area contributed by atoms with Gasteiger partial charge in [-0.15, -0.1) is 11.3 Å². The number of carbonyl (C=O) groups excluding carboxylic acids is 1. The van der Waals surface area contributed by atoms with Crippen LogP contribution in [0.25, 0.3) is 10.6 Å². The molecule has 3 aromatic rings. The summed E-state index contributed by atoms with van der Waals surface area (Å²) in [4.78, 5) is 24.6. The van der Waals surface area contributed by atoms with E-state index in [0.29, 0.717) is 6.54 Å². The lowest BCUT2D eigenvalue weighted by Gasteiger charge is -2.36. The van der Waals surface area contributed by atoms with E-state index in [0.717, 1.165) is 74.2 Å². The average molecular weight is 463 g/mol. The van der Waals surface area contributed by atoms with Crippen molar-refractivity contribution in [1.82, 2.24) is 14.8 Å². The van der Waals surface area contributed by atoms with Crippen molar-refractivity contribution >= 4 is 22.9 Å². The molecule has 0 N–H and O–H groups in total. The number of piperazine rings is 1. The largest absolute Gasteiger partial charge is 0.497 e. The van der Waals surface area contributed by atoms with Gasteiger partial charge in [-0.2, -0.15) is 0 Å². The number of carbonyl (C=O) groups is 1. The van der Waals surface area contributed by atoms with Crippen LogP contribution in [0.15, 0.2) is 53.9 Å². The van der Waals surface area contributed by atoms with Gasteiger partial charge in [-0.3, -0.25) is 14.6 Å². The van der Waals surface area contributed by atoms with E-state index in [9.17, 15) is 4.79 Å². The molecule has 0 radical (unpaired) electrons. The third kappa shape index (κ3) is 5.11. The lowest BCUT2D eigenvalue weighted by atomic mass is 10.0. The molecule has 5 rings (SSSR count). The number of rotatable bonds is 6. The van der Waals surface area contributed by atoms with Gasteiger partial charge in [0.2, 0.25) is 5.91 Å². The second-order valence-electron chi connectivity index (χ2n) is 8.71. The van der Waals surface area contributed by atoms with E-state index in [1.54, 1.807) is 18.4 Å². The van der Waals surface area contributed by atoms with Gasteiger partial charge in [-0.25, -0.2) is 4.98 Å². The third-order valence-electron chi connectivity index (χ3n) is 6.49. The maximum absolute atomic E-state index is 13.1. The zero-order valence-corrected chi connectivity index (χ0v) is 19.9. The number of aryl methyl sites for hydroxylation is 1. The Morgan fingerprint density at radius 2 is 1.82 bits per heavy atom. The van der Waals surface area contributed by atoms with Crippen LogP contribution in [-0.4, -0.2) is 67.1 Å². The molecule has 0 spiro atoms. The van der Waals surface area contributed by atoms with E-state index in [1.165, 1.54) is 11.1 Å².